The predicted octanol–water partition coefficient (Wildman–Crippen LogP) is 0.799. The number of carbonyl (C=O) groups is 1. The highest BCUT2D eigenvalue weighted by Gasteiger charge is 2.20. The maximum atomic E-state index is 11.5. The highest BCUT2D eigenvalue weighted by atomic mass is 16.1. The smallest absolute Gasteiger partial charge is 0.226 e. The Morgan fingerprint density at radius 3 is 3.07 bits per heavy atom. The van der Waals surface area contributed by atoms with Crippen LogP contribution in [-0.2, 0) is 4.79 Å². The van der Waals surface area contributed by atoms with Crippen LogP contribution in [0.4, 0.5) is 5.82 Å². The number of aryl methyl sites for hydroxylation is 1. The first-order valence-corrected chi connectivity index (χ1v) is 5.29. The van der Waals surface area contributed by atoms with Crippen molar-refractivity contribution in [3.63, 3.8) is 0 Å². The van der Waals surface area contributed by atoms with Gasteiger partial charge in [-0.3, -0.25) is 9.89 Å². The number of hydrogen-bond donors (Lipinski definition) is 3. The first-order valence-electron chi connectivity index (χ1n) is 5.29. The van der Waals surface area contributed by atoms with E-state index in [4.69, 9.17) is 0 Å². The zero-order valence-corrected chi connectivity index (χ0v) is 8.84. The molecule has 3 N–H and O–H groups in total. The quantitative estimate of drug-likeness (QED) is 0.670. The fourth-order valence-corrected chi connectivity index (χ4v) is 1.35. The van der Waals surface area contributed by atoms with E-state index in [2.05, 4.69) is 20.8 Å². The molecule has 5 heteroatoms. The van der Waals surface area contributed by atoms with Crippen molar-refractivity contribution >= 4 is 11.7 Å². The molecule has 1 aromatic rings. The third-order valence-electron chi connectivity index (χ3n) is 2.46. The van der Waals surface area contributed by atoms with Gasteiger partial charge in [0.2, 0.25) is 5.91 Å². The average Bonchev–Trinajstić information content (AvgIpc) is 2.93. The SMILES string of the molecule is Cc1cn[nH]c1NC(=O)CCNC1CC1. The van der Waals surface area contributed by atoms with Gasteiger partial charge in [0.15, 0.2) is 0 Å². The van der Waals surface area contributed by atoms with Crippen LogP contribution in [0.1, 0.15) is 24.8 Å². The van der Waals surface area contributed by atoms with Gasteiger partial charge in [0.1, 0.15) is 5.82 Å². The molecule has 0 saturated heterocycles. The van der Waals surface area contributed by atoms with Crippen LogP contribution in [0.25, 0.3) is 0 Å². The third kappa shape index (κ3) is 3.06. The van der Waals surface area contributed by atoms with Gasteiger partial charge in [-0.2, -0.15) is 5.10 Å². The average molecular weight is 208 g/mol. The summed E-state index contributed by atoms with van der Waals surface area (Å²) in [6.45, 7) is 2.66. The van der Waals surface area contributed by atoms with Crippen LogP contribution in [0.2, 0.25) is 0 Å². The number of carbonyl (C=O) groups excluding carboxylic acids is 1. The normalized spacial score (nSPS) is 15.3. The Labute approximate surface area is 88.6 Å². The van der Waals surface area contributed by atoms with Crippen molar-refractivity contribution in [3.8, 4) is 0 Å². The molecule has 1 heterocycles. The second-order valence-corrected chi connectivity index (χ2v) is 3.95. The van der Waals surface area contributed by atoms with Gasteiger partial charge in [0.25, 0.3) is 0 Å². The number of anilines is 1. The molecule has 0 bridgehead atoms. The van der Waals surface area contributed by atoms with E-state index in [-0.39, 0.29) is 5.91 Å². The van der Waals surface area contributed by atoms with Crippen LogP contribution in [0.15, 0.2) is 6.20 Å². The van der Waals surface area contributed by atoms with Gasteiger partial charge in [-0.05, 0) is 19.8 Å². The van der Waals surface area contributed by atoms with E-state index in [0.717, 1.165) is 12.1 Å². The summed E-state index contributed by atoms with van der Waals surface area (Å²) in [4.78, 5) is 11.5. The zero-order valence-electron chi connectivity index (χ0n) is 8.84. The number of aromatic nitrogens is 2. The van der Waals surface area contributed by atoms with Crippen molar-refractivity contribution in [2.75, 3.05) is 11.9 Å². The van der Waals surface area contributed by atoms with E-state index in [1.54, 1.807) is 6.20 Å². The van der Waals surface area contributed by atoms with E-state index in [1.807, 2.05) is 6.92 Å². The molecule has 15 heavy (non-hydrogen) atoms. The van der Waals surface area contributed by atoms with E-state index < -0.39 is 0 Å². The number of hydrogen-bond acceptors (Lipinski definition) is 3. The van der Waals surface area contributed by atoms with Crippen molar-refractivity contribution in [2.24, 2.45) is 0 Å². The molecule has 1 aromatic heterocycles. The lowest BCUT2D eigenvalue weighted by Gasteiger charge is -2.04. The summed E-state index contributed by atoms with van der Waals surface area (Å²) in [5.41, 5.74) is 0.957. The van der Waals surface area contributed by atoms with Crippen LogP contribution >= 0.6 is 0 Å². The summed E-state index contributed by atoms with van der Waals surface area (Å²) >= 11 is 0. The first-order chi connectivity index (χ1) is 7.25. The molecular formula is C10H16N4O. The minimum atomic E-state index is 0.0236. The monoisotopic (exact) mass is 208 g/mol. The molecule has 1 saturated carbocycles. The van der Waals surface area contributed by atoms with Crippen molar-refractivity contribution in [3.05, 3.63) is 11.8 Å². The Kier molecular flexibility index (Phi) is 3.01. The number of aromatic amines is 1. The Morgan fingerprint density at radius 1 is 1.67 bits per heavy atom. The molecule has 0 spiro atoms. The van der Waals surface area contributed by atoms with Crippen LogP contribution in [0.5, 0.6) is 0 Å². The molecular weight excluding hydrogens is 192 g/mol. The highest BCUT2D eigenvalue weighted by molar-refractivity contribution is 5.90. The number of nitrogens with one attached hydrogen (secondary N) is 3. The van der Waals surface area contributed by atoms with Crippen LogP contribution in [-0.4, -0.2) is 28.7 Å². The Balaban J connectivity index is 1.69. The number of nitrogens with zero attached hydrogens (tertiary/aromatic N) is 1. The van der Waals surface area contributed by atoms with Gasteiger partial charge >= 0.3 is 0 Å². The molecule has 82 valence electrons. The molecule has 1 aliphatic rings. The molecule has 0 unspecified atom stereocenters. The van der Waals surface area contributed by atoms with E-state index in [1.165, 1.54) is 12.8 Å². The van der Waals surface area contributed by atoms with Crippen LogP contribution in [0, 0.1) is 6.92 Å². The third-order valence-corrected chi connectivity index (χ3v) is 2.46. The Morgan fingerprint density at radius 2 is 2.47 bits per heavy atom. The molecule has 0 aliphatic heterocycles. The summed E-state index contributed by atoms with van der Waals surface area (Å²) in [6, 6.07) is 0.659. The lowest BCUT2D eigenvalue weighted by molar-refractivity contribution is -0.116. The number of H-pyrrole nitrogens is 1. The minimum absolute atomic E-state index is 0.0236. The predicted molar refractivity (Wildman–Crippen MR) is 57.6 cm³/mol. The lowest BCUT2D eigenvalue weighted by Crippen LogP contribution is -2.23. The van der Waals surface area contributed by atoms with E-state index in [0.29, 0.717) is 18.3 Å². The van der Waals surface area contributed by atoms with Crippen molar-refractivity contribution in [1.82, 2.24) is 15.5 Å². The van der Waals surface area contributed by atoms with Gasteiger partial charge in [-0.1, -0.05) is 0 Å². The van der Waals surface area contributed by atoms with Crippen LogP contribution < -0.4 is 10.6 Å². The summed E-state index contributed by atoms with van der Waals surface area (Å²) < 4.78 is 0. The van der Waals surface area contributed by atoms with E-state index >= 15 is 0 Å². The van der Waals surface area contributed by atoms with Gasteiger partial charge in [0, 0.05) is 24.6 Å². The second kappa shape index (κ2) is 4.44. The standard InChI is InChI=1S/C10H16N4O/c1-7-6-12-14-10(7)13-9(15)4-5-11-8-2-3-8/h6,8,11H,2-5H2,1H3,(H2,12,13,14,15). The van der Waals surface area contributed by atoms with E-state index in [9.17, 15) is 4.79 Å². The molecule has 1 amide bonds. The molecule has 5 nitrogen and oxygen atoms in total. The van der Waals surface area contributed by atoms with Gasteiger partial charge in [0.05, 0.1) is 6.20 Å². The van der Waals surface area contributed by atoms with Crippen molar-refractivity contribution in [2.45, 2.75) is 32.2 Å². The number of amides is 1. The molecule has 1 aliphatic carbocycles. The minimum Gasteiger partial charge on any atom is -0.313 e. The van der Waals surface area contributed by atoms with Gasteiger partial charge < -0.3 is 10.6 Å². The van der Waals surface area contributed by atoms with Gasteiger partial charge in [-0.15, -0.1) is 0 Å². The van der Waals surface area contributed by atoms with Crippen LogP contribution in [0.3, 0.4) is 0 Å². The lowest BCUT2D eigenvalue weighted by atomic mass is 10.3. The highest BCUT2D eigenvalue weighted by Crippen LogP contribution is 2.18. The van der Waals surface area contributed by atoms with Crippen molar-refractivity contribution in [1.29, 1.82) is 0 Å². The molecule has 2 rings (SSSR count). The Hall–Kier alpha value is -1.36. The fourth-order valence-electron chi connectivity index (χ4n) is 1.35. The molecule has 1 fully saturated rings. The zero-order chi connectivity index (χ0) is 10.7. The molecule has 0 atom stereocenters. The molecule has 0 aromatic carbocycles. The second-order valence-electron chi connectivity index (χ2n) is 3.95. The summed E-state index contributed by atoms with van der Waals surface area (Å²) in [6.07, 6.45) is 4.70. The first kappa shape index (κ1) is 10.2. The maximum Gasteiger partial charge on any atom is 0.226 e. The molecule has 0 radical (unpaired) electrons. The fraction of sp³-hybridized carbons (Fsp3) is 0.600. The summed E-state index contributed by atoms with van der Waals surface area (Å²) in [5, 5.41) is 12.7. The Bertz CT molecular complexity index is 343. The number of rotatable bonds is 5. The largest absolute Gasteiger partial charge is 0.313 e. The van der Waals surface area contributed by atoms with Crippen molar-refractivity contribution < 1.29 is 4.79 Å². The van der Waals surface area contributed by atoms with Gasteiger partial charge in [-0.25, -0.2) is 0 Å². The topological polar surface area (TPSA) is 69.8 Å². The summed E-state index contributed by atoms with van der Waals surface area (Å²) in [7, 11) is 0. The summed E-state index contributed by atoms with van der Waals surface area (Å²) in [5.74, 6) is 0.724. The maximum absolute atomic E-state index is 11.5.